The zero-order valence-electron chi connectivity index (χ0n) is 10.4. The molecule has 2 rings (SSSR count). The molecule has 1 aromatic heterocycles. The van der Waals surface area contributed by atoms with Gasteiger partial charge in [0, 0.05) is 5.39 Å². The minimum absolute atomic E-state index is 0.315. The third kappa shape index (κ3) is 2.63. The van der Waals surface area contributed by atoms with E-state index in [0.717, 1.165) is 10.9 Å². The molecule has 1 aromatic carbocycles. The fourth-order valence-electron chi connectivity index (χ4n) is 1.81. The van der Waals surface area contributed by atoms with Crippen LogP contribution in [0.25, 0.3) is 10.9 Å². The van der Waals surface area contributed by atoms with Crippen LogP contribution in [0.15, 0.2) is 30.3 Å². The molecule has 2 aromatic rings. The Labute approximate surface area is 110 Å². The molecule has 5 nitrogen and oxygen atoms in total. The number of carboxylic acids is 1. The van der Waals surface area contributed by atoms with Gasteiger partial charge in [-0.2, -0.15) is 5.26 Å². The largest absolute Gasteiger partial charge is 0.480 e. The maximum absolute atomic E-state index is 11.0. The molecule has 96 valence electrons. The normalized spacial score (nSPS) is 11.8. The number of pyridine rings is 1. The molecule has 0 bridgehead atoms. The molecule has 0 fully saturated rings. The van der Waals surface area contributed by atoms with Crippen LogP contribution in [0.4, 0.5) is 5.82 Å². The van der Waals surface area contributed by atoms with Gasteiger partial charge in [0.15, 0.2) is 0 Å². The van der Waals surface area contributed by atoms with Crippen molar-refractivity contribution in [3.05, 3.63) is 35.9 Å². The molecular formula is C14H13N3O2. The average Bonchev–Trinajstić information content (AvgIpc) is 2.43. The summed E-state index contributed by atoms with van der Waals surface area (Å²) in [4.78, 5) is 15.3. The summed E-state index contributed by atoms with van der Waals surface area (Å²) in [6.07, 6.45) is 0.411. The quantitative estimate of drug-likeness (QED) is 0.876. The number of nitrogens with zero attached hydrogens (tertiary/aromatic N) is 2. The van der Waals surface area contributed by atoms with Crippen molar-refractivity contribution < 1.29 is 9.90 Å². The van der Waals surface area contributed by atoms with Crippen LogP contribution in [0.2, 0.25) is 0 Å². The van der Waals surface area contributed by atoms with Gasteiger partial charge in [0.25, 0.3) is 0 Å². The molecule has 2 N–H and O–H groups in total. The highest BCUT2D eigenvalue weighted by molar-refractivity contribution is 5.84. The Kier molecular flexibility index (Phi) is 3.62. The van der Waals surface area contributed by atoms with Crippen LogP contribution in [0.1, 0.15) is 18.9 Å². The number of hydrogen-bond donors (Lipinski definition) is 2. The summed E-state index contributed by atoms with van der Waals surface area (Å²) in [6.45, 7) is 1.76. The standard InChI is InChI=1S/C14H13N3O2/c1-2-11(14(18)19)16-13-10(8-15)7-9-5-3-4-6-12(9)17-13/h3-7,11H,2H2,1H3,(H,16,17)(H,18,19). The average molecular weight is 255 g/mol. The summed E-state index contributed by atoms with van der Waals surface area (Å²) < 4.78 is 0. The van der Waals surface area contributed by atoms with Crippen molar-refractivity contribution >= 4 is 22.7 Å². The number of anilines is 1. The summed E-state index contributed by atoms with van der Waals surface area (Å²) in [5.74, 6) is -0.642. The van der Waals surface area contributed by atoms with Crippen LogP contribution in [-0.4, -0.2) is 22.1 Å². The van der Waals surface area contributed by atoms with E-state index in [-0.39, 0.29) is 0 Å². The van der Waals surface area contributed by atoms with Gasteiger partial charge >= 0.3 is 5.97 Å². The van der Waals surface area contributed by atoms with Crippen molar-refractivity contribution in [3.8, 4) is 6.07 Å². The Hall–Kier alpha value is -2.61. The molecule has 1 unspecified atom stereocenters. The van der Waals surface area contributed by atoms with Gasteiger partial charge in [0.05, 0.1) is 11.1 Å². The van der Waals surface area contributed by atoms with Crippen LogP contribution in [0, 0.1) is 11.3 Å². The fraction of sp³-hybridized carbons (Fsp3) is 0.214. The highest BCUT2D eigenvalue weighted by Crippen LogP contribution is 2.20. The van der Waals surface area contributed by atoms with Crippen LogP contribution in [0.3, 0.4) is 0 Å². The number of rotatable bonds is 4. The number of aliphatic carboxylic acids is 1. The van der Waals surface area contributed by atoms with E-state index in [0.29, 0.717) is 17.8 Å². The molecule has 0 aliphatic heterocycles. The second kappa shape index (κ2) is 5.36. The lowest BCUT2D eigenvalue weighted by atomic mass is 10.1. The maximum atomic E-state index is 11.0. The molecule has 0 saturated carbocycles. The van der Waals surface area contributed by atoms with Crippen LogP contribution < -0.4 is 5.32 Å². The summed E-state index contributed by atoms with van der Waals surface area (Å²) >= 11 is 0. The van der Waals surface area contributed by atoms with Crippen molar-refractivity contribution in [2.45, 2.75) is 19.4 Å². The number of nitrogens with one attached hydrogen (secondary N) is 1. The van der Waals surface area contributed by atoms with E-state index in [1.807, 2.05) is 30.3 Å². The molecule has 0 saturated heterocycles. The summed E-state index contributed by atoms with van der Waals surface area (Å²) in [6, 6.07) is 10.4. The molecule has 0 aliphatic rings. The second-order valence-electron chi connectivity index (χ2n) is 4.13. The monoisotopic (exact) mass is 255 g/mol. The third-order valence-electron chi connectivity index (χ3n) is 2.86. The minimum atomic E-state index is -0.957. The molecular weight excluding hydrogens is 242 g/mol. The van der Waals surface area contributed by atoms with E-state index in [1.165, 1.54) is 0 Å². The Morgan fingerprint density at radius 2 is 2.26 bits per heavy atom. The minimum Gasteiger partial charge on any atom is -0.480 e. The number of hydrogen-bond acceptors (Lipinski definition) is 4. The van der Waals surface area contributed by atoms with E-state index in [2.05, 4.69) is 10.3 Å². The lowest BCUT2D eigenvalue weighted by molar-refractivity contribution is -0.137. The number of carboxylic acid groups (broad SMARTS) is 1. The van der Waals surface area contributed by atoms with Gasteiger partial charge < -0.3 is 10.4 Å². The van der Waals surface area contributed by atoms with Crippen molar-refractivity contribution in [2.24, 2.45) is 0 Å². The third-order valence-corrected chi connectivity index (χ3v) is 2.86. The maximum Gasteiger partial charge on any atom is 0.326 e. The van der Waals surface area contributed by atoms with Crippen LogP contribution in [0.5, 0.6) is 0 Å². The van der Waals surface area contributed by atoms with Crippen LogP contribution >= 0.6 is 0 Å². The van der Waals surface area contributed by atoms with Crippen molar-refractivity contribution in [2.75, 3.05) is 5.32 Å². The lowest BCUT2D eigenvalue weighted by Crippen LogP contribution is -2.29. The Bertz CT molecular complexity index is 661. The highest BCUT2D eigenvalue weighted by atomic mass is 16.4. The van der Waals surface area contributed by atoms with Gasteiger partial charge in [-0.25, -0.2) is 9.78 Å². The zero-order chi connectivity index (χ0) is 13.8. The van der Waals surface area contributed by atoms with Gasteiger partial charge in [-0.3, -0.25) is 0 Å². The van der Waals surface area contributed by atoms with Crippen molar-refractivity contribution in [3.63, 3.8) is 0 Å². The number of fused-ring (bicyclic) bond motifs is 1. The number of benzene rings is 1. The van der Waals surface area contributed by atoms with Gasteiger partial charge in [-0.1, -0.05) is 25.1 Å². The first kappa shape index (κ1) is 12.8. The topological polar surface area (TPSA) is 86.0 Å². The predicted octanol–water partition coefficient (Wildman–Crippen LogP) is 2.38. The number of nitriles is 1. The number of para-hydroxylation sites is 1. The molecule has 5 heteroatoms. The van der Waals surface area contributed by atoms with Gasteiger partial charge in [-0.05, 0) is 18.6 Å². The summed E-state index contributed by atoms with van der Waals surface area (Å²) in [5.41, 5.74) is 1.07. The summed E-state index contributed by atoms with van der Waals surface area (Å²) in [7, 11) is 0. The SMILES string of the molecule is CCC(Nc1nc2ccccc2cc1C#N)C(=O)O. The fourth-order valence-corrected chi connectivity index (χ4v) is 1.81. The van der Waals surface area contributed by atoms with Crippen LogP contribution in [-0.2, 0) is 4.79 Å². The first-order valence-electron chi connectivity index (χ1n) is 5.95. The predicted molar refractivity (Wildman–Crippen MR) is 71.8 cm³/mol. The van der Waals surface area contributed by atoms with E-state index in [4.69, 9.17) is 10.4 Å². The zero-order valence-corrected chi connectivity index (χ0v) is 10.4. The molecule has 0 spiro atoms. The lowest BCUT2D eigenvalue weighted by Gasteiger charge is -2.14. The van der Waals surface area contributed by atoms with E-state index >= 15 is 0 Å². The molecule has 1 heterocycles. The Morgan fingerprint density at radius 3 is 2.89 bits per heavy atom. The molecule has 1 atom stereocenters. The molecule has 0 radical (unpaired) electrons. The Balaban J connectivity index is 2.47. The van der Waals surface area contributed by atoms with Crippen molar-refractivity contribution in [1.29, 1.82) is 5.26 Å². The molecule has 0 aliphatic carbocycles. The van der Waals surface area contributed by atoms with Gasteiger partial charge in [0.2, 0.25) is 0 Å². The van der Waals surface area contributed by atoms with E-state index < -0.39 is 12.0 Å². The van der Waals surface area contributed by atoms with Gasteiger partial charge in [-0.15, -0.1) is 0 Å². The van der Waals surface area contributed by atoms with E-state index in [9.17, 15) is 4.79 Å². The molecule has 19 heavy (non-hydrogen) atoms. The first-order valence-corrected chi connectivity index (χ1v) is 5.95. The first-order chi connectivity index (χ1) is 9.15. The van der Waals surface area contributed by atoms with E-state index in [1.54, 1.807) is 13.0 Å². The summed E-state index contributed by atoms with van der Waals surface area (Å²) in [5, 5.41) is 21.8. The van der Waals surface area contributed by atoms with Gasteiger partial charge in [0.1, 0.15) is 17.9 Å². The second-order valence-corrected chi connectivity index (χ2v) is 4.13. The number of aromatic nitrogens is 1. The highest BCUT2D eigenvalue weighted by Gasteiger charge is 2.17. The van der Waals surface area contributed by atoms with Crippen molar-refractivity contribution in [1.82, 2.24) is 4.98 Å². The molecule has 0 amide bonds. The number of carbonyl (C=O) groups is 1. The smallest absolute Gasteiger partial charge is 0.326 e. The Morgan fingerprint density at radius 1 is 1.53 bits per heavy atom.